The fourth-order valence-corrected chi connectivity index (χ4v) is 0.744. The van der Waals surface area contributed by atoms with Crippen LogP contribution in [0.25, 0.3) is 0 Å². The summed E-state index contributed by atoms with van der Waals surface area (Å²) in [5, 5.41) is 12.3. The number of hydrogen-bond donors (Lipinski definition) is 2. The quantitative estimate of drug-likeness (QED) is 0.574. The first kappa shape index (κ1) is 10.5. The van der Waals surface area contributed by atoms with Gasteiger partial charge in [0.1, 0.15) is 0 Å². The molecule has 0 rings (SSSR count). The maximum atomic E-state index is 9.17. The van der Waals surface area contributed by atoms with Gasteiger partial charge in [-0.25, -0.2) is 0 Å². The molecule has 2 atom stereocenters. The molecular formula is C9H17NO. The number of rotatable bonds is 5. The lowest BCUT2D eigenvalue weighted by molar-refractivity contribution is 0.165. The molecule has 2 unspecified atom stereocenters. The van der Waals surface area contributed by atoms with Gasteiger partial charge in [0.25, 0.3) is 0 Å². The molecule has 0 saturated carbocycles. The molecule has 0 fully saturated rings. The van der Waals surface area contributed by atoms with Gasteiger partial charge in [-0.15, -0.1) is 6.42 Å². The van der Waals surface area contributed by atoms with E-state index >= 15 is 0 Å². The van der Waals surface area contributed by atoms with Crippen molar-refractivity contribution in [2.45, 2.75) is 38.8 Å². The largest absolute Gasteiger partial charge is 0.392 e. The molecule has 0 heterocycles. The molecule has 0 aliphatic rings. The zero-order valence-electron chi connectivity index (χ0n) is 7.30. The van der Waals surface area contributed by atoms with Crippen molar-refractivity contribution < 1.29 is 5.11 Å². The fraction of sp³-hybridized carbons (Fsp3) is 0.778. The van der Waals surface area contributed by atoms with Gasteiger partial charge in [-0.3, -0.25) is 0 Å². The summed E-state index contributed by atoms with van der Waals surface area (Å²) in [4.78, 5) is 0. The molecule has 0 bridgehead atoms. The van der Waals surface area contributed by atoms with Crippen LogP contribution in [-0.2, 0) is 0 Å². The first-order valence-corrected chi connectivity index (χ1v) is 4.12. The van der Waals surface area contributed by atoms with Crippen molar-refractivity contribution in [2.24, 2.45) is 0 Å². The maximum absolute atomic E-state index is 9.17. The Morgan fingerprint density at radius 3 is 2.45 bits per heavy atom. The van der Waals surface area contributed by atoms with E-state index in [1.165, 1.54) is 0 Å². The van der Waals surface area contributed by atoms with Crippen LogP contribution in [0.3, 0.4) is 0 Å². The summed E-state index contributed by atoms with van der Waals surface area (Å²) in [6.45, 7) is 4.57. The molecule has 0 aromatic carbocycles. The zero-order chi connectivity index (χ0) is 8.69. The van der Waals surface area contributed by atoms with Crippen LogP contribution in [0.1, 0.15) is 26.7 Å². The smallest absolute Gasteiger partial charge is 0.0685 e. The SMILES string of the molecule is C#CC(CC)NCC(O)CC. The standard InChI is InChI=1S/C9H17NO/c1-4-8(5-2)10-7-9(11)6-3/h1,8-11H,5-7H2,2-3H3. The Labute approximate surface area is 69.0 Å². The minimum Gasteiger partial charge on any atom is -0.392 e. The third-order valence-electron chi connectivity index (χ3n) is 1.68. The van der Waals surface area contributed by atoms with Crippen molar-refractivity contribution in [2.75, 3.05) is 6.54 Å². The molecule has 64 valence electrons. The second-order valence-electron chi connectivity index (χ2n) is 2.60. The number of terminal acetylenes is 1. The number of nitrogens with one attached hydrogen (secondary N) is 1. The van der Waals surface area contributed by atoms with Crippen molar-refractivity contribution in [1.82, 2.24) is 5.32 Å². The van der Waals surface area contributed by atoms with Crippen LogP contribution in [0.4, 0.5) is 0 Å². The lowest BCUT2D eigenvalue weighted by Crippen LogP contribution is -2.33. The van der Waals surface area contributed by atoms with E-state index in [2.05, 4.69) is 11.2 Å². The van der Waals surface area contributed by atoms with Crippen molar-refractivity contribution in [3.8, 4) is 12.3 Å². The van der Waals surface area contributed by atoms with Crippen LogP contribution in [0.5, 0.6) is 0 Å². The van der Waals surface area contributed by atoms with Crippen molar-refractivity contribution >= 4 is 0 Å². The van der Waals surface area contributed by atoms with Crippen LogP contribution in [-0.4, -0.2) is 23.8 Å². The fourth-order valence-electron chi connectivity index (χ4n) is 0.744. The normalized spacial score (nSPS) is 15.5. The highest BCUT2D eigenvalue weighted by molar-refractivity contribution is 4.97. The molecule has 2 N–H and O–H groups in total. The summed E-state index contributed by atoms with van der Waals surface area (Å²) in [5.41, 5.74) is 0. The predicted octanol–water partition coefficient (Wildman–Crippen LogP) is 0.759. The van der Waals surface area contributed by atoms with Crippen LogP contribution in [0.2, 0.25) is 0 Å². The molecule has 0 aliphatic heterocycles. The number of aliphatic hydroxyl groups is 1. The van der Waals surface area contributed by atoms with Crippen molar-refractivity contribution in [1.29, 1.82) is 0 Å². The highest BCUT2D eigenvalue weighted by atomic mass is 16.3. The third-order valence-corrected chi connectivity index (χ3v) is 1.68. The molecule has 0 spiro atoms. The van der Waals surface area contributed by atoms with Gasteiger partial charge >= 0.3 is 0 Å². The van der Waals surface area contributed by atoms with E-state index in [9.17, 15) is 0 Å². The minimum absolute atomic E-state index is 0.108. The molecule has 0 saturated heterocycles. The first-order valence-electron chi connectivity index (χ1n) is 4.12. The van der Waals surface area contributed by atoms with Gasteiger partial charge in [-0.2, -0.15) is 0 Å². The van der Waals surface area contributed by atoms with Crippen molar-refractivity contribution in [3.05, 3.63) is 0 Å². The Kier molecular flexibility index (Phi) is 5.91. The Balaban J connectivity index is 3.44. The Morgan fingerprint density at radius 1 is 1.45 bits per heavy atom. The molecule has 0 radical (unpaired) electrons. The van der Waals surface area contributed by atoms with Gasteiger partial charge in [0, 0.05) is 6.54 Å². The van der Waals surface area contributed by atoms with Gasteiger partial charge in [-0.05, 0) is 12.8 Å². The number of hydrogen-bond acceptors (Lipinski definition) is 2. The topological polar surface area (TPSA) is 32.3 Å². The second kappa shape index (κ2) is 6.21. The van der Waals surface area contributed by atoms with E-state index < -0.39 is 0 Å². The summed E-state index contributed by atoms with van der Waals surface area (Å²) in [6.07, 6.45) is 6.63. The summed E-state index contributed by atoms with van der Waals surface area (Å²) in [6, 6.07) is 0.108. The van der Waals surface area contributed by atoms with Crippen LogP contribution >= 0.6 is 0 Å². The molecule has 2 nitrogen and oxygen atoms in total. The Morgan fingerprint density at radius 2 is 2.09 bits per heavy atom. The highest BCUT2D eigenvalue weighted by Crippen LogP contribution is 1.91. The van der Waals surface area contributed by atoms with Crippen LogP contribution in [0, 0.1) is 12.3 Å². The molecule has 0 aromatic rings. The van der Waals surface area contributed by atoms with Gasteiger partial charge in [0.2, 0.25) is 0 Å². The zero-order valence-corrected chi connectivity index (χ0v) is 7.30. The van der Waals surface area contributed by atoms with E-state index in [0.717, 1.165) is 12.8 Å². The maximum Gasteiger partial charge on any atom is 0.0685 e. The average molecular weight is 155 g/mol. The second-order valence-corrected chi connectivity index (χ2v) is 2.60. The molecule has 11 heavy (non-hydrogen) atoms. The lowest BCUT2D eigenvalue weighted by atomic mass is 10.2. The summed E-state index contributed by atoms with van der Waals surface area (Å²) < 4.78 is 0. The molecule has 0 amide bonds. The van der Waals surface area contributed by atoms with E-state index in [-0.39, 0.29) is 12.1 Å². The Bertz CT molecular complexity index is 128. The molecule has 2 heteroatoms. The van der Waals surface area contributed by atoms with Gasteiger partial charge in [0.05, 0.1) is 12.1 Å². The van der Waals surface area contributed by atoms with Crippen LogP contribution < -0.4 is 5.32 Å². The monoisotopic (exact) mass is 155 g/mol. The predicted molar refractivity (Wildman–Crippen MR) is 47.2 cm³/mol. The van der Waals surface area contributed by atoms with E-state index in [1.807, 2.05) is 13.8 Å². The molecular weight excluding hydrogens is 138 g/mol. The lowest BCUT2D eigenvalue weighted by Gasteiger charge is -2.13. The van der Waals surface area contributed by atoms with Gasteiger partial charge in [-0.1, -0.05) is 19.8 Å². The molecule has 0 aromatic heterocycles. The van der Waals surface area contributed by atoms with E-state index in [0.29, 0.717) is 6.54 Å². The van der Waals surface area contributed by atoms with Crippen LogP contribution in [0.15, 0.2) is 0 Å². The number of aliphatic hydroxyl groups excluding tert-OH is 1. The summed E-state index contributed by atoms with van der Waals surface area (Å²) >= 11 is 0. The third kappa shape index (κ3) is 4.83. The average Bonchev–Trinajstić information content (AvgIpc) is 2.06. The highest BCUT2D eigenvalue weighted by Gasteiger charge is 2.03. The summed E-state index contributed by atoms with van der Waals surface area (Å²) in [5.74, 6) is 2.61. The van der Waals surface area contributed by atoms with E-state index in [1.54, 1.807) is 0 Å². The molecule has 0 aliphatic carbocycles. The minimum atomic E-state index is -0.266. The first-order chi connectivity index (χ1) is 5.24. The van der Waals surface area contributed by atoms with Gasteiger partial charge in [0.15, 0.2) is 0 Å². The summed E-state index contributed by atoms with van der Waals surface area (Å²) in [7, 11) is 0. The van der Waals surface area contributed by atoms with Gasteiger partial charge < -0.3 is 10.4 Å². The van der Waals surface area contributed by atoms with Crippen molar-refractivity contribution in [3.63, 3.8) is 0 Å². The van der Waals surface area contributed by atoms with E-state index in [4.69, 9.17) is 11.5 Å². The Hall–Kier alpha value is -0.520.